The Morgan fingerprint density at radius 2 is 2.04 bits per heavy atom. The van der Waals surface area contributed by atoms with E-state index in [4.69, 9.17) is 10.00 Å². The summed E-state index contributed by atoms with van der Waals surface area (Å²) >= 11 is 0. The molecule has 0 atom stereocenters. The molecule has 3 rings (SSSR count). The van der Waals surface area contributed by atoms with Crippen molar-refractivity contribution in [3.8, 4) is 6.07 Å². The maximum atomic E-state index is 12.6. The first-order valence-electron chi connectivity index (χ1n) is 9.71. The number of nitrogens with one attached hydrogen (secondary N) is 1. The van der Waals surface area contributed by atoms with Gasteiger partial charge in [0, 0.05) is 25.2 Å². The number of anilines is 2. The zero-order valence-corrected chi connectivity index (χ0v) is 16.6. The van der Waals surface area contributed by atoms with Crippen LogP contribution in [0.2, 0.25) is 0 Å². The Labute approximate surface area is 165 Å². The van der Waals surface area contributed by atoms with E-state index in [0.717, 1.165) is 41.4 Å². The Balaban J connectivity index is 1.63. The van der Waals surface area contributed by atoms with Crippen molar-refractivity contribution in [2.45, 2.75) is 39.7 Å². The number of ether oxygens (including phenoxy) is 1. The van der Waals surface area contributed by atoms with E-state index in [2.05, 4.69) is 21.4 Å². The normalized spacial score (nSPS) is 14.0. The topological polar surface area (TPSA) is 83.2 Å². The van der Waals surface area contributed by atoms with Crippen molar-refractivity contribution in [2.24, 2.45) is 0 Å². The van der Waals surface area contributed by atoms with Gasteiger partial charge in [-0.15, -0.1) is 0 Å². The van der Waals surface area contributed by atoms with E-state index in [0.29, 0.717) is 39.0 Å². The molecule has 0 radical (unpaired) electrons. The molecule has 1 aliphatic rings. The van der Waals surface area contributed by atoms with Gasteiger partial charge in [0.15, 0.2) is 0 Å². The molecule has 0 aliphatic carbocycles. The molecule has 1 saturated heterocycles. The average molecular weight is 381 g/mol. The number of rotatable bonds is 7. The van der Waals surface area contributed by atoms with Crippen LogP contribution in [-0.2, 0) is 22.5 Å². The van der Waals surface area contributed by atoms with Gasteiger partial charge < -0.3 is 15.0 Å². The molecule has 0 spiro atoms. The van der Waals surface area contributed by atoms with Crippen LogP contribution in [0.1, 0.15) is 29.8 Å². The minimum Gasteiger partial charge on any atom is -0.378 e. The summed E-state index contributed by atoms with van der Waals surface area (Å²) in [6.07, 6.45) is 1.46. The fourth-order valence-electron chi connectivity index (χ4n) is 3.58. The third-order valence-electron chi connectivity index (χ3n) is 5.10. The van der Waals surface area contributed by atoms with Gasteiger partial charge in [0.1, 0.15) is 0 Å². The second-order valence-electron chi connectivity index (χ2n) is 6.95. The summed E-state index contributed by atoms with van der Waals surface area (Å²) < 4.78 is 7.28. The number of hydrogen-bond acceptors (Lipinski definition) is 5. The maximum absolute atomic E-state index is 12.6. The lowest BCUT2D eigenvalue weighted by Gasteiger charge is -2.30. The molecule has 1 aromatic heterocycles. The van der Waals surface area contributed by atoms with Crippen molar-refractivity contribution < 1.29 is 9.53 Å². The lowest BCUT2D eigenvalue weighted by Crippen LogP contribution is -2.36. The molecule has 2 heterocycles. The highest BCUT2D eigenvalue weighted by Crippen LogP contribution is 2.26. The van der Waals surface area contributed by atoms with Crippen LogP contribution >= 0.6 is 0 Å². The van der Waals surface area contributed by atoms with Crippen LogP contribution in [-0.4, -0.2) is 42.0 Å². The second kappa shape index (κ2) is 9.38. The Morgan fingerprint density at radius 3 is 2.79 bits per heavy atom. The van der Waals surface area contributed by atoms with Gasteiger partial charge >= 0.3 is 0 Å². The van der Waals surface area contributed by atoms with E-state index in [9.17, 15) is 4.79 Å². The lowest BCUT2D eigenvalue weighted by molar-refractivity contribution is -0.116. The van der Waals surface area contributed by atoms with Crippen LogP contribution < -0.4 is 10.2 Å². The van der Waals surface area contributed by atoms with E-state index < -0.39 is 0 Å². The smallest absolute Gasteiger partial charge is 0.224 e. The largest absolute Gasteiger partial charge is 0.378 e. The molecule has 7 heteroatoms. The summed E-state index contributed by atoms with van der Waals surface area (Å²) in [7, 11) is 0. The average Bonchev–Trinajstić information content (AvgIpc) is 2.98. The Bertz CT molecular complexity index is 862. The van der Waals surface area contributed by atoms with Crippen LogP contribution in [0, 0.1) is 25.2 Å². The van der Waals surface area contributed by atoms with Gasteiger partial charge in [-0.05, 0) is 38.0 Å². The van der Waals surface area contributed by atoms with Crippen molar-refractivity contribution >= 4 is 17.3 Å². The van der Waals surface area contributed by atoms with Gasteiger partial charge in [0.05, 0.1) is 49.3 Å². The summed E-state index contributed by atoms with van der Waals surface area (Å²) in [6.45, 7) is 7.60. The van der Waals surface area contributed by atoms with Gasteiger partial charge in [-0.3, -0.25) is 9.48 Å². The Morgan fingerprint density at radius 1 is 1.29 bits per heavy atom. The summed E-state index contributed by atoms with van der Waals surface area (Å²) in [5.41, 5.74) is 4.93. The van der Waals surface area contributed by atoms with Crippen LogP contribution in [0.4, 0.5) is 11.4 Å². The minimum atomic E-state index is -0.00992. The molecular formula is C21H27N5O2. The predicted octanol–water partition coefficient (Wildman–Crippen LogP) is 2.82. The van der Waals surface area contributed by atoms with Crippen LogP contribution in [0.3, 0.4) is 0 Å². The van der Waals surface area contributed by atoms with Crippen molar-refractivity contribution in [2.75, 3.05) is 36.5 Å². The zero-order valence-electron chi connectivity index (χ0n) is 16.6. The van der Waals surface area contributed by atoms with Gasteiger partial charge in [0.2, 0.25) is 5.91 Å². The van der Waals surface area contributed by atoms with E-state index in [1.807, 2.05) is 42.8 Å². The molecule has 1 fully saturated rings. The molecule has 7 nitrogen and oxygen atoms in total. The first-order valence-corrected chi connectivity index (χ1v) is 9.71. The summed E-state index contributed by atoms with van der Waals surface area (Å²) in [5.74, 6) is -0.00992. The van der Waals surface area contributed by atoms with Crippen LogP contribution in [0.15, 0.2) is 24.3 Å². The van der Waals surface area contributed by atoms with Crippen LogP contribution in [0.5, 0.6) is 0 Å². The summed E-state index contributed by atoms with van der Waals surface area (Å²) in [5, 5.41) is 16.3. The van der Waals surface area contributed by atoms with E-state index in [1.54, 1.807) is 0 Å². The maximum Gasteiger partial charge on any atom is 0.224 e. The van der Waals surface area contributed by atoms with Gasteiger partial charge in [-0.1, -0.05) is 12.1 Å². The number of amides is 1. The highest BCUT2D eigenvalue weighted by molar-refractivity contribution is 5.94. The minimum absolute atomic E-state index is 0.00992. The highest BCUT2D eigenvalue weighted by atomic mass is 16.5. The number of morpholine rings is 1. The van der Waals surface area contributed by atoms with E-state index in [1.165, 1.54) is 0 Å². The zero-order chi connectivity index (χ0) is 19.9. The molecule has 148 valence electrons. The van der Waals surface area contributed by atoms with Gasteiger partial charge in [-0.2, -0.15) is 10.4 Å². The van der Waals surface area contributed by atoms with Crippen molar-refractivity contribution in [3.63, 3.8) is 0 Å². The molecule has 1 N–H and O–H groups in total. The summed E-state index contributed by atoms with van der Waals surface area (Å²) in [4.78, 5) is 14.8. The van der Waals surface area contributed by atoms with Crippen molar-refractivity contribution in [1.29, 1.82) is 5.26 Å². The number of aromatic nitrogens is 2. The number of hydrogen-bond donors (Lipinski definition) is 1. The Hall–Kier alpha value is -2.85. The Kier molecular flexibility index (Phi) is 6.66. The second-order valence-corrected chi connectivity index (χ2v) is 6.95. The van der Waals surface area contributed by atoms with Crippen LogP contribution in [0.25, 0.3) is 0 Å². The van der Waals surface area contributed by atoms with E-state index >= 15 is 0 Å². The molecule has 0 bridgehead atoms. The molecule has 1 amide bonds. The monoisotopic (exact) mass is 381 g/mol. The predicted molar refractivity (Wildman–Crippen MR) is 108 cm³/mol. The molecule has 0 saturated carbocycles. The third-order valence-corrected chi connectivity index (χ3v) is 5.10. The number of nitriles is 1. The number of nitrogens with zero attached hydrogens (tertiary/aromatic N) is 4. The fraction of sp³-hybridized carbons (Fsp3) is 0.476. The molecule has 1 aliphatic heterocycles. The first-order chi connectivity index (χ1) is 13.6. The number of carbonyl (C=O) groups excluding carboxylic acids is 1. The van der Waals surface area contributed by atoms with Crippen molar-refractivity contribution in [1.82, 2.24) is 9.78 Å². The SMILES string of the molecule is Cc1nn(CCC#N)c(C)c1CCC(=O)Nc1ccccc1N1CCOCC1. The number of carbonyl (C=O) groups is 1. The highest BCUT2D eigenvalue weighted by Gasteiger charge is 2.17. The molecule has 28 heavy (non-hydrogen) atoms. The third kappa shape index (κ3) is 4.70. The molecule has 0 unspecified atom stereocenters. The lowest BCUT2D eigenvalue weighted by atomic mass is 10.1. The standard InChI is InChI=1S/C21H27N5O2/c1-16-18(17(2)26(24-16)11-5-10-22)8-9-21(27)23-19-6-3-4-7-20(19)25-12-14-28-15-13-25/h3-4,6-7H,5,8-9,11-15H2,1-2H3,(H,23,27). The number of para-hydroxylation sites is 2. The summed E-state index contributed by atoms with van der Waals surface area (Å²) in [6, 6.07) is 10.1. The van der Waals surface area contributed by atoms with Gasteiger partial charge in [0.25, 0.3) is 0 Å². The first kappa shape index (κ1) is 19.9. The quantitative estimate of drug-likeness (QED) is 0.797. The molecule has 2 aromatic rings. The molecular weight excluding hydrogens is 354 g/mol. The van der Waals surface area contributed by atoms with Crippen molar-refractivity contribution in [3.05, 3.63) is 41.2 Å². The number of benzene rings is 1. The molecule has 1 aromatic carbocycles. The number of aryl methyl sites for hydroxylation is 2. The fourth-order valence-corrected chi connectivity index (χ4v) is 3.58. The van der Waals surface area contributed by atoms with E-state index in [-0.39, 0.29) is 5.91 Å². The van der Waals surface area contributed by atoms with Gasteiger partial charge in [-0.25, -0.2) is 0 Å².